The molecule has 2 unspecified atom stereocenters. The highest BCUT2D eigenvalue weighted by Crippen LogP contribution is 2.33. The number of nitrogens with one attached hydrogen (secondary N) is 1. The van der Waals surface area contributed by atoms with Crippen molar-refractivity contribution < 1.29 is 9.90 Å². The van der Waals surface area contributed by atoms with Crippen molar-refractivity contribution in [1.29, 1.82) is 0 Å². The Morgan fingerprint density at radius 3 is 2.71 bits per heavy atom. The van der Waals surface area contributed by atoms with Crippen molar-refractivity contribution in [2.24, 2.45) is 5.92 Å². The van der Waals surface area contributed by atoms with Crippen molar-refractivity contribution in [3.05, 3.63) is 34.9 Å². The maximum absolute atomic E-state index is 10.8. The lowest BCUT2D eigenvalue weighted by Gasteiger charge is -2.35. The molecular weight excluding hydrogens is 202 g/mol. The fourth-order valence-electron chi connectivity index (χ4n) is 1.64. The molecule has 3 nitrogen and oxygen atoms in total. The Morgan fingerprint density at radius 2 is 2.21 bits per heavy atom. The Kier molecular flexibility index (Phi) is 2.44. The molecule has 1 aromatic carbocycles. The normalized spacial score (nSPS) is 25.5. The standard InChI is InChI=1S/C10H10ClNO2/c11-8-4-2-1-3-6(8)9-7(5-12-9)10(13)14/h1-4,7,9,12H,5H2,(H,13,14). The summed E-state index contributed by atoms with van der Waals surface area (Å²) in [7, 11) is 0. The maximum Gasteiger partial charge on any atom is 0.309 e. The van der Waals surface area contributed by atoms with Gasteiger partial charge in [0.2, 0.25) is 0 Å². The minimum Gasteiger partial charge on any atom is -0.481 e. The number of hydrogen-bond donors (Lipinski definition) is 2. The average molecular weight is 212 g/mol. The zero-order valence-electron chi connectivity index (χ0n) is 7.40. The number of carboxylic acid groups (broad SMARTS) is 1. The molecule has 74 valence electrons. The second kappa shape index (κ2) is 3.59. The summed E-state index contributed by atoms with van der Waals surface area (Å²) in [5.74, 6) is -1.12. The van der Waals surface area contributed by atoms with Gasteiger partial charge in [-0.15, -0.1) is 0 Å². The molecule has 2 rings (SSSR count). The third kappa shape index (κ3) is 1.49. The van der Waals surface area contributed by atoms with Crippen LogP contribution in [0.5, 0.6) is 0 Å². The van der Waals surface area contributed by atoms with Crippen molar-refractivity contribution >= 4 is 17.6 Å². The minimum absolute atomic E-state index is 0.138. The van der Waals surface area contributed by atoms with Gasteiger partial charge >= 0.3 is 5.97 Å². The molecule has 1 heterocycles. The molecule has 14 heavy (non-hydrogen) atoms. The molecule has 1 aliphatic rings. The maximum atomic E-state index is 10.8. The van der Waals surface area contributed by atoms with E-state index < -0.39 is 5.97 Å². The first-order chi connectivity index (χ1) is 6.70. The van der Waals surface area contributed by atoms with E-state index in [1.807, 2.05) is 18.2 Å². The van der Waals surface area contributed by atoms with Crippen LogP contribution in [-0.2, 0) is 4.79 Å². The van der Waals surface area contributed by atoms with E-state index >= 15 is 0 Å². The highest BCUT2D eigenvalue weighted by molar-refractivity contribution is 6.31. The van der Waals surface area contributed by atoms with E-state index in [9.17, 15) is 4.79 Å². The number of benzene rings is 1. The van der Waals surface area contributed by atoms with Crippen LogP contribution in [0.25, 0.3) is 0 Å². The van der Waals surface area contributed by atoms with E-state index in [4.69, 9.17) is 16.7 Å². The fourth-order valence-corrected chi connectivity index (χ4v) is 1.89. The smallest absolute Gasteiger partial charge is 0.309 e. The summed E-state index contributed by atoms with van der Waals surface area (Å²) in [6, 6.07) is 7.19. The summed E-state index contributed by atoms with van der Waals surface area (Å²) < 4.78 is 0. The largest absolute Gasteiger partial charge is 0.481 e. The summed E-state index contributed by atoms with van der Waals surface area (Å²) in [5.41, 5.74) is 0.868. The quantitative estimate of drug-likeness (QED) is 0.783. The van der Waals surface area contributed by atoms with E-state index in [0.717, 1.165) is 5.56 Å². The second-order valence-electron chi connectivity index (χ2n) is 3.35. The van der Waals surface area contributed by atoms with Gasteiger partial charge in [0.1, 0.15) is 0 Å². The average Bonchev–Trinajstić information content (AvgIpc) is 2.05. The highest BCUT2D eigenvalue weighted by Gasteiger charge is 2.37. The molecule has 0 aliphatic carbocycles. The van der Waals surface area contributed by atoms with Gasteiger partial charge in [0.15, 0.2) is 0 Å². The minimum atomic E-state index is -0.770. The van der Waals surface area contributed by atoms with Crippen LogP contribution in [-0.4, -0.2) is 17.6 Å². The second-order valence-corrected chi connectivity index (χ2v) is 3.76. The predicted octanol–water partition coefficient (Wildman–Crippen LogP) is 1.69. The number of halogens is 1. The Balaban J connectivity index is 2.24. The molecule has 0 spiro atoms. The summed E-state index contributed by atoms with van der Waals surface area (Å²) in [5, 5.41) is 12.6. The summed E-state index contributed by atoms with van der Waals surface area (Å²) in [6.07, 6.45) is 0. The third-order valence-electron chi connectivity index (χ3n) is 2.52. The molecule has 0 aromatic heterocycles. The number of hydrogen-bond acceptors (Lipinski definition) is 2. The third-order valence-corrected chi connectivity index (χ3v) is 2.86. The summed E-state index contributed by atoms with van der Waals surface area (Å²) >= 11 is 5.97. The first-order valence-electron chi connectivity index (χ1n) is 4.41. The number of aliphatic carboxylic acids is 1. The van der Waals surface area contributed by atoms with Gasteiger partial charge in [-0.3, -0.25) is 4.79 Å². The first-order valence-corrected chi connectivity index (χ1v) is 4.78. The lowest BCUT2D eigenvalue weighted by atomic mass is 9.86. The summed E-state index contributed by atoms with van der Waals surface area (Å²) in [6.45, 7) is 0.519. The Morgan fingerprint density at radius 1 is 1.50 bits per heavy atom. The number of carbonyl (C=O) groups is 1. The number of carboxylic acids is 1. The Hall–Kier alpha value is -1.06. The number of rotatable bonds is 2. The zero-order chi connectivity index (χ0) is 10.1. The molecule has 1 fully saturated rings. The topological polar surface area (TPSA) is 49.3 Å². The van der Waals surface area contributed by atoms with Crippen molar-refractivity contribution in [2.45, 2.75) is 6.04 Å². The van der Waals surface area contributed by atoms with E-state index in [1.165, 1.54) is 0 Å². The monoisotopic (exact) mass is 211 g/mol. The van der Waals surface area contributed by atoms with E-state index in [1.54, 1.807) is 6.07 Å². The van der Waals surface area contributed by atoms with Crippen LogP contribution in [0.1, 0.15) is 11.6 Å². The van der Waals surface area contributed by atoms with Crippen molar-refractivity contribution in [2.75, 3.05) is 6.54 Å². The van der Waals surface area contributed by atoms with Crippen LogP contribution < -0.4 is 5.32 Å². The van der Waals surface area contributed by atoms with E-state index in [-0.39, 0.29) is 12.0 Å². The fraction of sp³-hybridized carbons (Fsp3) is 0.300. The molecule has 0 bridgehead atoms. The Labute approximate surface area is 86.7 Å². The van der Waals surface area contributed by atoms with Gasteiger partial charge in [-0.25, -0.2) is 0 Å². The van der Waals surface area contributed by atoms with Crippen molar-refractivity contribution in [3.63, 3.8) is 0 Å². The predicted molar refractivity (Wildman–Crippen MR) is 53.3 cm³/mol. The van der Waals surface area contributed by atoms with Gasteiger partial charge in [0, 0.05) is 17.6 Å². The summed E-state index contributed by atoms with van der Waals surface area (Å²) in [4.78, 5) is 10.8. The molecule has 2 N–H and O–H groups in total. The molecule has 1 aliphatic heterocycles. The van der Waals surface area contributed by atoms with Crippen molar-refractivity contribution in [1.82, 2.24) is 5.32 Å². The molecule has 2 atom stereocenters. The Bertz CT molecular complexity index is 367. The molecule has 0 saturated carbocycles. The van der Waals surface area contributed by atoms with Gasteiger partial charge in [-0.1, -0.05) is 29.8 Å². The van der Waals surface area contributed by atoms with E-state index in [0.29, 0.717) is 11.6 Å². The van der Waals surface area contributed by atoms with Crippen molar-refractivity contribution in [3.8, 4) is 0 Å². The van der Waals surface area contributed by atoms with Gasteiger partial charge < -0.3 is 10.4 Å². The van der Waals surface area contributed by atoms with Gasteiger partial charge in [-0.2, -0.15) is 0 Å². The molecular formula is C10H10ClNO2. The lowest BCUT2D eigenvalue weighted by Crippen LogP contribution is -2.49. The van der Waals surface area contributed by atoms with Crippen LogP contribution in [0, 0.1) is 5.92 Å². The van der Waals surface area contributed by atoms with Gasteiger partial charge in [0.25, 0.3) is 0 Å². The SMILES string of the molecule is O=C(O)C1CNC1c1ccccc1Cl. The van der Waals surface area contributed by atoms with Gasteiger partial charge in [0.05, 0.1) is 5.92 Å². The molecule has 1 aromatic rings. The van der Waals surface area contributed by atoms with Crippen LogP contribution in [0.15, 0.2) is 24.3 Å². The zero-order valence-corrected chi connectivity index (χ0v) is 8.16. The molecule has 1 saturated heterocycles. The molecule has 0 radical (unpaired) electrons. The van der Waals surface area contributed by atoms with E-state index in [2.05, 4.69) is 5.32 Å². The van der Waals surface area contributed by atoms with Crippen LogP contribution in [0.3, 0.4) is 0 Å². The molecule has 0 amide bonds. The first kappa shape index (κ1) is 9.49. The lowest BCUT2D eigenvalue weighted by molar-refractivity contribution is -0.145. The van der Waals surface area contributed by atoms with Crippen LogP contribution in [0.4, 0.5) is 0 Å². The van der Waals surface area contributed by atoms with Crippen LogP contribution in [0.2, 0.25) is 5.02 Å². The van der Waals surface area contributed by atoms with Crippen LogP contribution >= 0.6 is 11.6 Å². The molecule has 4 heteroatoms. The highest BCUT2D eigenvalue weighted by atomic mass is 35.5. The van der Waals surface area contributed by atoms with Gasteiger partial charge in [-0.05, 0) is 11.6 Å².